The molecular weight excluding hydrogens is 445 g/mol. The fraction of sp³-hybridized carbons (Fsp3) is 0.174. The number of aromatic amines is 1. The van der Waals surface area contributed by atoms with Crippen LogP contribution in [0.2, 0.25) is 5.02 Å². The summed E-state index contributed by atoms with van der Waals surface area (Å²) < 4.78 is 19.9. The van der Waals surface area contributed by atoms with Gasteiger partial charge in [-0.1, -0.05) is 35.9 Å². The quantitative estimate of drug-likeness (QED) is 0.388. The first-order valence-electron chi connectivity index (χ1n) is 10.3. The molecule has 2 aromatic carbocycles. The molecule has 0 bridgehead atoms. The molecule has 5 rings (SSSR count). The van der Waals surface area contributed by atoms with Crippen molar-refractivity contribution in [1.29, 1.82) is 0 Å². The number of hydrogen-bond donors (Lipinski definition) is 3. The number of nitrogens with one attached hydrogen (secondary N) is 1. The number of nitrogen functional groups attached to an aromatic ring is 2. The topological polar surface area (TPSA) is 119 Å². The van der Waals surface area contributed by atoms with Crippen LogP contribution in [0.1, 0.15) is 11.9 Å². The van der Waals surface area contributed by atoms with E-state index in [0.29, 0.717) is 47.6 Å². The Morgan fingerprint density at radius 3 is 2.79 bits per heavy atom. The van der Waals surface area contributed by atoms with Crippen molar-refractivity contribution in [2.75, 3.05) is 36.1 Å². The number of morpholine rings is 1. The lowest BCUT2D eigenvalue weighted by atomic mass is 10.1. The average molecular weight is 466 g/mol. The number of benzene rings is 2. The van der Waals surface area contributed by atoms with Gasteiger partial charge in [-0.3, -0.25) is 0 Å². The Bertz CT molecular complexity index is 1310. The Hall–Kier alpha value is -3.69. The number of nitrogens with two attached hydrogens (primary N) is 2. The van der Waals surface area contributed by atoms with Crippen molar-refractivity contribution in [3.05, 3.63) is 71.4 Å². The van der Waals surface area contributed by atoms with Crippen molar-refractivity contribution < 1.29 is 9.13 Å². The van der Waals surface area contributed by atoms with Gasteiger partial charge in [-0.15, -0.1) is 0 Å². The van der Waals surface area contributed by atoms with E-state index in [0.717, 1.165) is 11.3 Å². The minimum Gasteiger partial charge on any atom is -0.396 e. The molecular formula is C23H21ClFN7O. The standard InChI is InChI=1S/C23H21ClFN7O/c24-15-4-2-1-3-14(15)19-11-28-22(29-19)20-12-32(7-8-33-20)21-10-18(30-23(27)31-21)13-5-6-17(26)16(25)9-13/h1-6,9-11,20H,7-8,12,26H2,(H,28,29)(H2,27,30,31). The summed E-state index contributed by atoms with van der Waals surface area (Å²) in [7, 11) is 0. The molecule has 1 unspecified atom stereocenters. The van der Waals surface area contributed by atoms with Gasteiger partial charge in [0.25, 0.3) is 0 Å². The van der Waals surface area contributed by atoms with Gasteiger partial charge in [0.15, 0.2) is 0 Å². The van der Waals surface area contributed by atoms with Crippen LogP contribution in [0.4, 0.5) is 21.8 Å². The highest BCUT2D eigenvalue weighted by molar-refractivity contribution is 6.33. The third-order valence-corrected chi connectivity index (χ3v) is 5.81. The molecule has 33 heavy (non-hydrogen) atoms. The number of anilines is 3. The maximum Gasteiger partial charge on any atom is 0.222 e. The van der Waals surface area contributed by atoms with Gasteiger partial charge in [0, 0.05) is 28.8 Å². The van der Waals surface area contributed by atoms with E-state index in [1.54, 1.807) is 18.3 Å². The molecule has 1 aliphatic heterocycles. The Morgan fingerprint density at radius 2 is 1.97 bits per heavy atom. The Morgan fingerprint density at radius 1 is 1.12 bits per heavy atom. The highest BCUT2D eigenvalue weighted by Gasteiger charge is 2.26. The molecule has 0 amide bonds. The molecule has 2 aromatic heterocycles. The van der Waals surface area contributed by atoms with Gasteiger partial charge in [0.1, 0.15) is 23.6 Å². The first kappa shape index (κ1) is 21.2. The zero-order chi connectivity index (χ0) is 22.9. The molecule has 0 radical (unpaired) electrons. The molecule has 10 heteroatoms. The number of imidazole rings is 1. The zero-order valence-corrected chi connectivity index (χ0v) is 18.3. The summed E-state index contributed by atoms with van der Waals surface area (Å²) in [4.78, 5) is 18.5. The summed E-state index contributed by atoms with van der Waals surface area (Å²) >= 11 is 6.31. The molecule has 168 valence electrons. The van der Waals surface area contributed by atoms with Crippen LogP contribution in [0.25, 0.3) is 22.5 Å². The van der Waals surface area contributed by atoms with Crippen LogP contribution in [0.5, 0.6) is 0 Å². The van der Waals surface area contributed by atoms with Crippen LogP contribution in [0.15, 0.2) is 54.7 Å². The van der Waals surface area contributed by atoms with E-state index in [9.17, 15) is 4.39 Å². The second kappa shape index (κ2) is 8.68. The Kier molecular flexibility index (Phi) is 5.57. The number of aromatic nitrogens is 4. The van der Waals surface area contributed by atoms with E-state index in [-0.39, 0.29) is 17.7 Å². The summed E-state index contributed by atoms with van der Waals surface area (Å²) in [5, 5.41) is 0.641. The fourth-order valence-electron chi connectivity index (χ4n) is 3.79. The van der Waals surface area contributed by atoms with Gasteiger partial charge in [-0.2, -0.15) is 4.98 Å². The van der Waals surface area contributed by atoms with Gasteiger partial charge < -0.3 is 26.1 Å². The highest BCUT2D eigenvalue weighted by Crippen LogP contribution is 2.31. The number of hydrogen-bond acceptors (Lipinski definition) is 7. The summed E-state index contributed by atoms with van der Waals surface area (Å²) in [5.41, 5.74) is 14.4. The van der Waals surface area contributed by atoms with Crippen LogP contribution in [-0.2, 0) is 4.74 Å². The molecule has 1 atom stereocenters. The van der Waals surface area contributed by atoms with E-state index in [1.807, 2.05) is 29.2 Å². The van der Waals surface area contributed by atoms with E-state index >= 15 is 0 Å². The van der Waals surface area contributed by atoms with Crippen LogP contribution in [0, 0.1) is 5.82 Å². The number of rotatable bonds is 4. The SMILES string of the molecule is Nc1nc(-c2ccc(N)c(F)c2)cc(N2CCOC(c3ncc(-c4ccccc4Cl)[nH]3)C2)n1. The maximum atomic E-state index is 14.0. The van der Waals surface area contributed by atoms with Gasteiger partial charge in [0.05, 0.1) is 36.4 Å². The average Bonchev–Trinajstić information content (AvgIpc) is 3.31. The van der Waals surface area contributed by atoms with Crippen LogP contribution in [0.3, 0.4) is 0 Å². The molecule has 0 saturated carbocycles. The largest absolute Gasteiger partial charge is 0.396 e. The lowest BCUT2D eigenvalue weighted by Gasteiger charge is -2.33. The zero-order valence-electron chi connectivity index (χ0n) is 17.5. The first-order chi connectivity index (χ1) is 16.0. The molecule has 4 aromatic rings. The molecule has 0 aliphatic carbocycles. The lowest BCUT2D eigenvalue weighted by molar-refractivity contribution is 0.0343. The second-order valence-electron chi connectivity index (χ2n) is 7.67. The van der Waals surface area contributed by atoms with E-state index < -0.39 is 5.82 Å². The van der Waals surface area contributed by atoms with Crippen molar-refractivity contribution in [1.82, 2.24) is 19.9 Å². The molecule has 1 fully saturated rings. The first-order valence-corrected chi connectivity index (χ1v) is 10.7. The predicted molar refractivity (Wildman–Crippen MR) is 126 cm³/mol. The predicted octanol–water partition coefficient (Wildman–Crippen LogP) is 4.07. The molecule has 3 heterocycles. The van der Waals surface area contributed by atoms with Gasteiger partial charge >= 0.3 is 0 Å². The summed E-state index contributed by atoms with van der Waals surface area (Å²) in [5.74, 6) is 0.907. The monoisotopic (exact) mass is 465 g/mol. The van der Waals surface area contributed by atoms with Crippen LogP contribution >= 0.6 is 11.6 Å². The lowest BCUT2D eigenvalue weighted by Crippen LogP contribution is -2.39. The summed E-state index contributed by atoms with van der Waals surface area (Å²) in [6.45, 7) is 1.59. The second-order valence-corrected chi connectivity index (χ2v) is 8.08. The number of H-pyrrole nitrogens is 1. The van der Waals surface area contributed by atoms with Crippen molar-refractivity contribution in [3.8, 4) is 22.5 Å². The van der Waals surface area contributed by atoms with E-state index in [4.69, 9.17) is 27.8 Å². The highest BCUT2D eigenvalue weighted by atomic mass is 35.5. The third kappa shape index (κ3) is 4.33. The number of halogens is 2. The molecule has 0 spiro atoms. The van der Waals surface area contributed by atoms with Crippen LogP contribution < -0.4 is 16.4 Å². The van der Waals surface area contributed by atoms with Crippen molar-refractivity contribution in [3.63, 3.8) is 0 Å². The summed E-state index contributed by atoms with van der Waals surface area (Å²) in [6.07, 6.45) is 1.44. The van der Waals surface area contributed by atoms with E-state index in [1.165, 1.54) is 12.1 Å². The van der Waals surface area contributed by atoms with Gasteiger partial charge in [-0.25, -0.2) is 14.4 Å². The summed E-state index contributed by atoms with van der Waals surface area (Å²) in [6, 6.07) is 13.9. The molecule has 1 aliphatic rings. The number of nitrogens with zero attached hydrogens (tertiary/aromatic N) is 4. The van der Waals surface area contributed by atoms with Crippen molar-refractivity contribution >= 4 is 29.1 Å². The third-order valence-electron chi connectivity index (χ3n) is 5.48. The van der Waals surface area contributed by atoms with Crippen molar-refractivity contribution in [2.24, 2.45) is 0 Å². The van der Waals surface area contributed by atoms with E-state index in [2.05, 4.69) is 19.9 Å². The van der Waals surface area contributed by atoms with Gasteiger partial charge in [0.2, 0.25) is 5.95 Å². The smallest absolute Gasteiger partial charge is 0.222 e. The minimum absolute atomic E-state index is 0.0756. The molecule has 8 nitrogen and oxygen atoms in total. The maximum absolute atomic E-state index is 14.0. The molecule has 1 saturated heterocycles. The Labute approximate surface area is 194 Å². The molecule has 5 N–H and O–H groups in total. The normalized spacial score (nSPS) is 16.2. The van der Waals surface area contributed by atoms with Crippen molar-refractivity contribution in [2.45, 2.75) is 6.10 Å². The fourth-order valence-corrected chi connectivity index (χ4v) is 4.03. The van der Waals surface area contributed by atoms with Crippen LogP contribution in [-0.4, -0.2) is 39.6 Å². The van der Waals surface area contributed by atoms with Gasteiger partial charge in [-0.05, 0) is 18.2 Å². The number of ether oxygens (including phenoxy) is 1. The Balaban J connectivity index is 1.40. The minimum atomic E-state index is -0.509.